The van der Waals surface area contributed by atoms with Gasteiger partial charge in [0.25, 0.3) is 5.91 Å². The predicted molar refractivity (Wildman–Crippen MR) is 58.1 cm³/mol. The molecule has 1 amide bonds. The topological polar surface area (TPSA) is 50.5 Å². The number of ketones is 1. The Labute approximate surface area is 94.2 Å². The van der Waals surface area contributed by atoms with E-state index in [-0.39, 0.29) is 17.7 Å². The molecule has 1 aliphatic rings. The van der Waals surface area contributed by atoms with Gasteiger partial charge in [-0.15, -0.1) is 0 Å². The van der Waals surface area contributed by atoms with Crippen molar-refractivity contribution in [1.29, 1.82) is 0 Å². The van der Waals surface area contributed by atoms with Crippen LogP contribution in [-0.2, 0) is 4.79 Å². The van der Waals surface area contributed by atoms with Crippen LogP contribution in [0.1, 0.15) is 36.7 Å². The van der Waals surface area contributed by atoms with Gasteiger partial charge in [-0.2, -0.15) is 0 Å². The summed E-state index contributed by atoms with van der Waals surface area (Å²) in [5.41, 5.74) is 0. The van der Waals surface area contributed by atoms with E-state index in [0.717, 1.165) is 12.8 Å². The summed E-state index contributed by atoms with van der Waals surface area (Å²) in [6, 6.07) is 3.07. The number of furan rings is 1. The summed E-state index contributed by atoms with van der Waals surface area (Å²) < 4.78 is 5.07. The summed E-state index contributed by atoms with van der Waals surface area (Å²) in [7, 11) is 0. The van der Waals surface area contributed by atoms with Crippen LogP contribution in [0.4, 0.5) is 0 Å². The van der Waals surface area contributed by atoms with Gasteiger partial charge >= 0.3 is 0 Å². The fourth-order valence-corrected chi connectivity index (χ4v) is 2.12. The first-order valence-corrected chi connectivity index (χ1v) is 5.61. The van der Waals surface area contributed by atoms with E-state index < -0.39 is 0 Å². The maximum Gasteiger partial charge on any atom is 0.290 e. The molecule has 1 aliphatic heterocycles. The van der Waals surface area contributed by atoms with Gasteiger partial charge in [0, 0.05) is 13.0 Å². The summed E-state index contributed by atoms with van der Waals surface area (Å²) in [4.78, 5) is 25.3. The Bertz CT molecular complexity index is 383. The highest BCUT2D eigenvalue weighted by molar-refractivity contribution is 5.96. The quantitative estimate of drug-likeness (QED) is 0.782. The van der Waals surface area contributed by atoms with Crippen LogP contribution < -0.4 is 0 Å². The Morgan fingerprint density at radius 2 is 2.38 bits per heavy atom. The molecule has 0 unspecified atom stereocenters. The highest BCUT2D eigenvalue weighted by Crippen LogP contribution is 2.21. The molecule has 1 aromatic heterocycles. The molecule has 16 heavy (non-hydrogen) atoms. The Morgan fingerprint density at radius 3 is 3.00 bits per heavy atom. The summed E-state index contributed by atoms with van der Waals surface area (Å²) in [5, 5.41) is 0. The van der Waals surface area contributed by atoms with E-state index in [1.807, 2.05) is 6.92 Å². The van der Waals surface area contributed by atoms with Gasteiger partial charge in [0.1, 0.15) is 0 Å². The van der Waals surface area contributed by atoms with Crippen LogP contribution in [0.25, 0.3) is 0 Å². The van der Waals surface area contributed by atoms with Crippen molar-refractivity contribution in [2.75, 3.05) is 6.54 Å². The Kier molecular flexibility index (Phi) is 3.08. The number of amides is 1. The van der Waals surface area contributed by atoms with E-state index in [1.165, 1.54) is 6.26 Å². The van der Waals surface area contributed by atoms with Gasteiger partial charge in [-0.1, -0.05) is 6.92 Å². The first-order valence-electron chi connectivity index (χ1n) is 5.61. The number of hydrogen-bond donors (Lipinski definition) is 0. The smallest absolute Gasteiger partial charge is 0.290 e. The number of Topliss-reactive ketones (excluding diaryl/α,β-unsaturated/α-hetero) is 1. The second-order valence-corrected chi connectivity index (χ2v) is 3.95. The molecule has 4 heteroatoms. The molecule has 0 saturated carbocycles. The molecule has 0 bridgehead atoms. The zero-order valence-electron chi connectivity index (χ0n) is 9.31. The minimum absolute atomic E-state index is 0.136. The van der Waals surface area contributed by atoms with Crippen molar-refractivity contribution in [2.24, 2.45) is 0 Å². The molecular weight excluding hydrogens is 206 g/mol. The number of hydrogen-bond acceptors (Lipinski definition) is 3. The lowest BCUT2D eigenvalue weighted by molar-refractivity contribution is -0.122. The van der Waals surface area contributed by atoms with Gasteiger partial charge in [0.15, 0.2) is 11.5 Å². The zero-order valence-corrected chi connectivity index (χ0v) is 9.31. The molecule has 86 valence electrons. The van der Waals surface area contributed by atoms with Gasteiger partial charge in [-0.25, -0.2) is 0 Å². The monoisotopic (exact) mass is 221 g/mol. The maximum atomic E-state index is 12.0. The van der Waals surface area contributed by atoms with Crippen molar-refractivity contribution < 1.29 is 14.0 Å². The van der Waals surface area contributed by atoms with E-state index in [0.29, 0.717) is 18.7 Å². The average molecular weight is 221 g/mol. The maximum absolute atomic E-state index is 12.0. The van der Waals surface area contributed by atoms with Gasteiger partial charge < -0.3 is 9.32 Å². The fraction of sp³-hybridized carbons (Fsp3) is 0.500. The number of likely N-dealkylation sites (tertiary alicyclic amines) is 1. The van der Waals surface area contributed by atoms with Crippen molar-refractivity contribution in [2.45, 2.75) is 32.2 Å². The second kappa shape index (κ2) is 4.51. The van der Waals surface area contributed by atoms with Crippen LogP contribution in [0.5, 0.6) is 0 Å². The van der Waals surface area contributed by atoms with Crippen LogP contribution in [0.3, 0.4) is 0 Å². The van der Waals surface area contributed by atoms with E-state index in [2.05, 4.69) is 0 Å². The van der Waals surface area contributed by atoms with Crippen molar-refractivity contribution >= 4 is 11.7 Å². The van der Waals surface area contributed by atoms with Crippen LogP contribution in [0, 0.1) is 0 Å². The third-order valence-corrected chi connectivity index (χ3v) is 2.97. The molecule has 0 N–H and O–H groups in total. The molecule has 1 saturated heterocycles. The average Bonchev–Trinajstić information content (AvgIpc) is 2.97. The molecule has 2 rings (SSSR count). The number of nitrogens with zero attached hydrogens (tertiary/aromatic N) is 1. The summed E-state index contributed by atoms with van der Waals surface area (Å²) >= 11 is 0. The summed E-state index contributed by atoms with van der Waals surface area (Å²) in [6.07, 6.45) is 3.62. The third-order valence-electron chi connectivity index (χ3n) is 2.97. The minimum Gasteiger partial charge on any atom is -0.459 e. The number of carbonyl (C=O) groups excluding carboxylic acids is 2. The Morgan fingerprint density at radius 1 is 1.56 bits per heavy atom. The molecule has 1 atom stereocenters. The molecular formula is C12H15NO3. The Hall–Kier alpha value is -1.58. The first kappa shape index (κ1) is 10.9. The minimum atomic E-state index is -0.248. The highest BCUT2D eigenvalue weighted by Gasteiger charge is 2.34. The number of carbonyl (C=O) groups is 2. The largest absolute Gasteiger partial charge is 0.459 e. The zero-order chi connectivity index (χ0) is 11.5. The van der Waals surface area contributed by atoms with Gasteiger partial charge in [0.05, 0.1) is 12.3 Å². The molecule has 0 spiro atoms. The highest BCUT2D eigenvalue weighted by atomic mass is 16.3. The standard InChI is InChI=1S/C12H15NO3/c1-2-10(14)9-5-3-7-13(9)12(15)11-6-4-8-16-11/h4,6,8-9H,2-3,5,7H2,1H3/t9-/m0/s1. The lowest BCUT2D eigenvalue weighted by Crippen LogP contribution is -2.40. The van der Waals surface area contributed by atoms with Crippen molar-refractivity contribution in [3.8, 4) is 0 Å². The summed E-state index contributed by atoms with van der Waals surface area (Å²) in [5.74, 6) is 0.280. The van der Waals surface area contributed by atoms with Crippen LogP contribution in [-0.4, -0.2) is 29.2 Å². The van der Waals surface area contributed by atoms with E-state index in [4.69, 9.17) is 4.42 Å². The SMILES string of the molecule is CCC(=O)[C@@H]1CCCN1C(=O)c1ccco1. The second-order valence-electron chi connectivity index (χ2n) is 3.95. The molecule has 0 aliphatic carbocycles. The molecule has 2 heterocycles. The number of rotatable bonds is 3. The normalized spacial score (nSPS) is 20.1. The van der Waals surface area contributed by atoms with Crippen molar-refractivity contribution in [1.82, 2.24) is 4.90 Å². The fourth-order valence-electron chi connectivity index (χ4n) is 2.12. The summed E-state index contributed by atoms with van der Waals surface area (Å²) in [6.45, 7) is 2.48. The first-order chi connectivity index (χ1) is 7.74. The van der Waals surface area contributed by atoms with Gasteiger partial charge in [-0.05, 0) is 25.0 Å². The van der Waals surface area contributed by atoms with Crippen molar-refractivity contribution in [3.63, 3.8) is 0 Å². The molecule has 0 radical (unpaired) electrons. The van der Waals surface area contributed by atoms with Crippen molar-refractivity contribution in [3.05, 3.63) is 24.2 Å². The molecule has 1 aromatic rings. The van der Waals surface area contributed by atoms with Crippen LogP contribution in [0.2, 0.25) is 0 Å². The van der Waals surface area contributed by atoms with E-state index in [1.54, 1.807) is 17.0 Å². The van der Waals surface area contributed by atoms with Gasteiger partial charge in [0.2, 0.25) is 0 Å². The van der Waals surface area contributed by atoms with Crippen LogP contribution in [0.15, 0.2) is 22.8 Å². The predicted octanol–water partition coefficient (Wildman–Crippen LogP) is 1.86. The lowest BCUT2D eigenvalue weighted by atomic mass is 10.1. The van der Waals surface area contributed by atoms with E-state index in [9.17, 15) is 9.59 Å². The van der Waals surface area contributed by atoms with Crippen LogP contribution >= 0.6 is 0 Å². The molecule has 1 fully saturated rings. The lowest BCUT2D eigenvalue weighted by Gasteiger charge is -2.22. The molecule has 4 nitrogen and oxygen atoms in total. The van der Waals surface area contributed by atoms with E-state index >= 15 is 0 Å². The third kappa shape index (κ3) is 1.87. The van der Waals surface area contributed by atoms with Gasteiger partial charge in [-0.3, -0.25) is 9.59 Å². The molecule has 0 aromatic carbocycles. The Balaban J connectivity index is 2.14.